The molecule has 0 bridgehead atoms. The van der Waals surface area contributed by atoms with Gasteiger partial charge >= 0.3 is 13.5 Å². The van der Waals surface area contributed by atoms with Crippen molar-refractivity contribution in [3.8, 4) is 11.5 Å². The second-order valence-corrected chi connectivity index (χ2v) is 12.8. The molecule has 0 aliphatic carbocycles. The number of aromatic hydroxyl groups is 1. The summed E-state index contributed by atoms with van der Waals surface area (Å²) in [5, 5.41) is 12.3. The van der Waals surface area contributed by atoms with Crippen LogP contribution in [0.25, 0.3) is 11.2 Å². The molecule has 0 amide bonds. The number of phenols is 1. The van der Waals surface area contributed by atoms with Crippen molar-refractivity contribution in [3.63, 3.8) is 0 Å². The molecule has 0 aliphatic heterocycles. The van der Waals surface area contributed by atoms with Crippen molar-refractivity contribution < 1.29 is 28.5 Å². The summed E-state index contributed by atoms with van der Waals surface area (Å²) in [6, 6.07) is 13.0. The molecule has 218 valence electrons. The predicted octanol–water partition coefficient (Wildman–Crippen LogP) is 4.83. The number of benzene rings is 2. The minimum absolute atomic E-state index is 0.196. The maximum absolute atomic E-state index is 14.0. The maximum Gasteiger partial charge on any atom is 0.342 e. The standard InChI is InChI=1S/C27H33N6O6PS/c1-17(2)38-27(35)19(4)32-40(36,16-37-18(3)13-33-15-31-24-25(28)29-14-30-26(24)33)39-21-7-11-23(12-8-21)41-22-9-5-20(34)6-10-22/h5-12,14-15,17-19,34H,13,16H2,1-4H3,(H,32,36)(H2,28,29,30)/t18-,19+,40+/m1/s1. The lowest BCUT2D eigenvalue weighted by molar-refractivity contribution is -0.149. The Morgan fingerprint density at radius 2 is 1.71 bits per heavy atom. The van der Waals surface area contributed by atoms with Crippen LogP contribution in [0.2, 0.25) is 0 Å². The topological polar surface area (TPSA) is 164 Å². The van der Waals surface area contributed by atoms with Crippen LogP contribution in [-0.2, 0) is 25.4 Å². The number of esters is 1. The molecule has 0 spiro atoms. The van der Waals surface area contributed by atoms with Crippen LogP contribution in [0.5, 0.6) is 11.5 Å². The molecule has 41 heavy (non-hydrogen) atoms. The SMILES string of the molecule is CC(C)OC(=O)[C@H](C)N[P@](=O)(CO[C@H](C)Cn1cnc2c(N)ncnc21)Oc1ccc(Sc2ccc(O)cc2)cc1. The molecule has 2 aromatic heterocycles. The normalized spacial score (nSPS) is 14.5. The smallest absolute Gasteiger partial charge is 0.342 e. The third-order valence-electron chi connectivity index (χ3n) is 5.66. The Morgan fingerprint density at radius 1 is 1.05 bits per heavy atom. The molecule has 4 aromatic rings. The summed E-state index contributed by atoms with van der Waals surface area (Å²) >= 11 is 1.50. The van der Waals surface area contributed by atoms with Crippen LogP contribution in [0.3, 0.4) is 0 Å². The Kier molecular flexibility index (Phi) is 9.87. The number of nitrogen functional groups attached to an aromatic ring is 1. The van der Waals surface area contributed by atoms with E-state index in [0.717, 1.165) is 9.79 Å². The summed E-state index contributed by atoms with van der Waals surface area (Å²) in [5.74, 6) is 0.254. The Labute approximate surface area is 242 Å². The molecule has 14 heteroatoms. The van der Waals surface area contributed by atoms with Crippen molar-refractivity contribution in [2.45, 2.75) is 62.3 Å². The van der Waals surface area contributed by atoms with Gasteiger partial charge in [-0.1, -0.05) is 11.8 Å². The minimum atomic E-state index is -3.76. The Bertz CT molecular complexity index is 1520. The first kappa shape index (κ1) is 30.3. The van der Waals surface area contributed by atoms with Gasteiger partial charge in [0.2, 0.25) is 0 Å². The number of imidazole rings is 1. The number of fused-ring (bicyclic) bond motifs is 1. The van der Waals surface area contributed by atoms with E-state index in [1.807, 2.05) is 31.2 Å². The van der Waals surface area contributed by atoms with Gasteiger partial charge in [-0.2, -0.15) is 0 Å². The largest absolute Gasteiger partial charge is 0.508 e. The molecule has 0 saturated heterocycles. The first-order valence-corrected chi connectivity index (χ1v) is 15.5. The number of ether oxygens (including phenoxy) is 2. The van der Waals surface area contributed by atoms with E-state index in [0.29, 0.717) is 23.5 Å². The summed E-state index contributed by atoms with van der Waals surface area (Å²) in [6.45, 7) is 7.19. The lowest BCUT2D eigenvalue weighted by Gasteiger charge is -2.25. The van der Waals surface area contributed by atoms with Crippen molar-refractivity contribution in [1.82, 2.24) is 24.6 Å². The summed E-state index contributed by atoms with van der Waals surface area (Å²) in [4.78, 5) is 26.8. The van der Waals surface area contributed by atoms with Crippen LogP contribution in [0.1, 0.15) is 27.7 Å². The van der Waals surface area contributed by atoms with Gasteiger partial charge in [0, 0.05) is 9.79 Å². The Balaban J connectivity index is 1.45. The van der Waals surface area contributed by atoms with Crippen LogP contribution >= 0.6 is 19.3 Å². The highest BCUT2D eigenvalue weighted by molar-refractivity contribution is 7.99. The third-order valence-corrected chi connectivity index (χ3v) is 8.45. The zero-order valence-corrected chi connectivity index (χ0v) is 24.8. The van der Waals surface area contributed by atoms with Crippen molar-refractivity contribution in [2.24, 2.45) is 0 Å². The van der Waals surface area contributed by atoms with E-state index in [2.05, 4.69) is 20.0 Å². The Hall–Kier alpha value is -3.64. The van der Waals surface area contributed by atoms with Gasteiger partial charge in [0.1, 0.15) is 35.7 Å². The zero-order valence-electron chi connectivity index (χ0n) is 23.1. The molecule has 4 rings (SSSR count). The van der Waals surface area contributed by atoms with Gasteiger partial charge in [-0.3, -0.25) is 9.36 Å². The highest BCUT2D eigenvalue weighted by atomic mass is 32.2. The van der Waals surface area contributed by atoms with Gasteiger partial charge < -0.3 is 29.4 Å². The first-order chi connectivity index (χ1) is 19.5. The quantitative estimate of drug-likeness (QED) is 0.142. The fraction of sp³-hybridized carbons (Fsp3) is 0.333. The first-order valence-electron chi connectivity index (χ1n) is 12.9. The monoisotopic (exact) mass is 600 g/mol. The van der Waals surface area contributed by atoms with E-state index >= 15 is 0 Å². The second kappa shape index (κ2) is 13.3. The van der Waals surface area contributed by atoms with E-state index in [4.69, 9.17) is 19.7 Å². The molecule has 0 radical (unpaired) electrons. The molecule has 4 N–H and O–H groups in total. The van der Waals surface area contributed by atoms with E-state index in [1.165, 1.54) is 18.1 Å². The molecule has 0 fully saturated rings. The van der Waals surface area contributed by atoms with E-state index in [1.54, 1.807) is 55.9 Å². The van der Waals surface area contributed by atoms with Crippen LogP contribution in [0.15, 0.2) is 71.0 Å². The van der Waals surface area contributed by atoms with Crippen molar-refractivity contribution in [3.05, 3.63) is 61.2 Å². The average Bonchev–Trinajstić information content (AvgIpc) is 3.33. The second-order valence-electron chi connectivity index (χ2n) is 9.60. The van der Waals surface area contributed by atoms with Gasteiger partial charge in [-0.15, -0.1) is 0 Å². The van der Waals surface area contributed by atoms with Gasteiger partial charge in [-0.05, 0) is 76.2 Å². The summed E-state index contributed by atoms with van der Waals surface area (Å²) in [7, 11) is -3.76. The Morgan fingerprint density at radius 3 is 2.37 bits per heavy atom. The van der Waals surface area contributed by atoms with Crippen molar-refractivity contribution in [2.75, 3.05) is 12.1 Å². The number of hydrogen-bond acceptors (Lipinski definition) is 11. The van der Waals surface area contributed by atoms with Crippen LogP contribution in [-0.4, -0.2) is 55.2 Å². The molecule has 0 unspecified atom stereocenters. The molecular weight excluding hydrogens is 567 g/mol. The molecule has 2 heterocycles. The molecule has 0 saturated carbocycles. The lowest BCUT2D eigenvalue weighted by atomic mass is 10.3. The zero-order chi connectivity index (χ0) is 29.6. The molecule has 2 aromatic carbocycles. The molecule has 3 atom stereocenters. The predicted molar refractivity (Wildman–Crippen MR) is 156 cm³/mol. The van der Waals surface area contributed by atoms with Crippen molar-refractivity contribution in [1.29, 1.82) is 0 Å². The number of carbonyl (C=O) groups is 1. The minimum Gasteiger partial charge on any atom is -0.508 e. The van der Waals surface area contributed by atoms with Crippen LogP contribution < -0.4 is 15.3 Å². The van der Waals surface area contributed by atoms with Gasteiger partial charge in [0.25, 0.3) is 0 Å². The number of anilines is 1. The maximum atomic E-state index is 14.0. The number of aromatic nitrogens is 4. The van der Waals surface area contributed by atoms with E-state index in [9.17, 15) is 14.5 Å². The van der Waals surface area contributed by atoms with Gasteiger partial charge in [-0.25, -0.2) is 20.0 Å². The number of rotatable bonds is 13. The number of carbonyl (C=O) groups excluding carboxylic acids is 1. The van der Waals surface area contributed by atoms with Crippen molar-refractivity contribution >= 4 is 42.2 Å². The molecule has 12 nitrogen and oxygen atoms in total. The number of phenolic OH excluding ortho intramolecular Hbond substituents is 1. The number of nitrogens with two attached hydrogens (primary N) is 1. The van der Waals surface area contributed by atoms with Gasteiger partial charge in [0.15, 0.2) is 11.5 Å². The number of nitrogens with zero attached hydrogens (tertiary/aromatic N) is 4. The number of nitrogens with one attached hydrogen (secondary N) is 1. The van der Waals surface area contributed by atoms with Crippen LogP contribution in [0.4, 0.5) is 5.82 Å². The molecule has 0 aliphatic rings. The van der Waals surface area contributed by atoms with Crippen LogP contribution in [0, 0.1) is 0 Å². The average molecular weight is 601 g/mol. The third kappa shape index (κ3) is 8.43. The fourth-order valence-electron chi connectivity index (χ4n) is 3.75. The summed E-state index contributed by atoms with van der Waals surface area (Å²) in [5.41, 5.74) is 6.92. The van der Waals surface area contributed by atoms with E-state index in [-0.39, 0.29) is 24.0 Å². The summed E-state index contributed by atoms with van der Waals surface area (Å²) in [6.07, 6.45) is 1.88. The summed E-state index contributed by atoms with van der Waals surface area (Å²) < 4.78 is 32.9. The van der Waals surface area contributed by atoms with Gasteiger partial charge in [0.05, 0.1) is 25.1 Å². The van der Waals surface area contributed by atoms with E-state index < -0.39 is 25.6 Å². The number of hydrogen-bond donors (Lipinski definition) is 3. The molecular formula is C27H33N6O6PS. The highest BCUT2D eigenvalue weighted by Crippen LogP contribution is 2.44. The fourth-order valence-corrected chi connectivity index (χ4v) is 6.35. The lowest BCUT2D eigenvalue weighted by Crippen LogP contribution is -2.37. The highest BCUT2D eigenvalue weighted by Gasteiger charge is 2.32.